The van der Waals surface area contributed by atoms with Crippen LogP contribution in [0.4, 0.5) is 5.69 Å². The van der Waals surface area contributed by atoms with Gasteiger partial charge in [0.25, 0.3) is 0 Å². The third kappa shape index (κ3) is 6.03. The van der Waals surface area contributed by atoms with Crippen LogP contribution in [-0.4, -0.2) is 23.9 Å². The van der Waals surface area contributed by atoms with Crippen molar-refractivity contribution < 1.29 is 4.79 Å². The molecule has 3 aromatic carbocycles. The summed E-state index contributed by atoms with van der Waals surface area (Å²) >= 11 is 0. The number of rotatable bonds is 8. The van der Waals surface area contributed by atoms with Gasteiger partial charge < -0.3 is 5.32 Å². The molecule has 1 heterocycles. The molecule has 4 nitrogen and oxygen atoms in total. The Bertz CT molecular complexity index is 962. The molecular formula is C27H31N3O. The lowest BCUT2D eigenvalue weighted by Gasteiger charge is -2.19. The minimum Gasteiger partial charge on any atom is -0.324 e. The van der Waals surface area contributed by atoms with Crippen LogP contribution in [0.5, 0.6) is 0 Å². The average molecular weight is 414 g/mol. The highest BCUT2D eigenvalue weighted by Crippen LogP contribution is 2.18. The van der Waals surface area contributed by atoms with E-state index in [0.29, 0.717) is 6.54 Å². The largest absolute Gasteiger partial charge is 0.324 e. The second-order valence-corrected chi connectivity index (χ2v) is 8.38. The zero-order valence-electron chi connectivity index (χ0n) is 18.2. The van der Waals surface area contributed by atoms with E-state index in [-0.39, 0.29) is 5.91 Å². The number of benzene rings is 3. The van der Waals surface area contributed by atoms with Crippen LogP contribution in [0.25, 0.3) is 0 Å². The Morgan fingerprint density at radius 2 is 1.52 bits per heavy atom. The number of carbonyl (C=O) groups excluding carboxylic acids is 1. The fraction of sp³-hybridized carbons (Fsp3) is 0.296. The zero-order chi connectivity index (χ0) is 21.5. The summed E-state index contributed by atoms with van der Waals surface area (Å²) in [6.07, 6.45) is 2.63. The van der Waals surface area contributed by atoms with Gasteiger partial charge in [0.2, 0.25) is 5.91 Å². The van der Waals surface area contributed by atoms with Crippen LogP contribution in [-0.2, 0) is 17.9 Å². The Morgan fingerprint density at radius 3 is 2.19 bits per heavy atom. The van der Waals surface area contributed by atoms with Crippen molar-refractivity contribution in [3.8, 4) is 0 Å². The number of carbonyl (C=O) groups is 1. The predicted octanol–water partition coefficient (Wildman–Crippen LogP) is 5.06. The molecule has 0 unspecified atom stereocenters. The first kappa shape index (κ1) is 21.3. The monoisotopic (exact) mass is 413 g/mol. The molecule has 0 radical (unpaired) electrons. The molecule has 0 aliphatic carbocycles. The van der Waals surface area contributed by atoms with Crippen LogP contribution in [0.1, 0.15) is 41.1 Å². The standard InChI is InChI=1S/C27H31N3O/c1-21-9-15-25(16-10-21)29-27(31)26(24-7-3-2-4-8-24)28-19-22-11-13-23(14-12-22)20-30-17-5-6-18-30/h2-4,7-16,26,28H,5-6,17-20H2,1H3,(H,29,31)/t26-/m0/s1. The molecule has 1 fully saturated rings. The van der Waals surface area contributed by atoms with Crippen LogP contribution < -0.4 is 10.6 Å². The molecule has 4 rings (SSSR count). The molecule has 0 spiro atoms. The van der Waals surface area contributed by atoms with E-state index in [9.17, 15) is 4.79 Å². The molecule has 1 aliphatic rings. The van der Waals surface area contributed by atoms with E-state index in [0.717, 1.165) is 17.8 Å². The molecule has 0 saturated carbocycles. The quantitative estimate of drug-likeness (QED) is 0.542. The minimum absolute atomic E-state index is 0.0549. The van der Waals surface area contributed by atoms with Gasteiger partial charge >= 0.3 is 0 Å². The van der Waals surface area contributed by atoms with Gasteiger partial charge in [0.05, 0.1) is 0 Å². The summed E-state index contributed by atoms with van der Waals surface area (Å²) in [7, 11) is 0. The number of nitrogens with one attached hydrogen (secondary N) is 2. The number of hydrogen-bond donors (Lipinski definition) is 2. The number of amides is 1. The maximum atomic E-state index is 13.1. The number of hydrogen-bond acceptors (Lipinski definition) is 3. The summed E-state index contributed by atoms with van der Waals surface area (Å²) in [6, 6.07) is 26.1. The first-order valence-electron chi connectivity index (χ1n) is 11.1. The third-order valence-corrected chi connectivity index (χ3v) is 5.85. The molecule has 1 aliphatic heterocycles. The molecule has 160 valence electrons. The van der Waals surface area contributed by atoms with Crippen molar-refractivity contribution in [3.05, 3.63) is 101 Å². The Labute approximate surface area is 185 Å². The van der Waals surface area contributed by atoms with Crippen LogP contribution >= 0.6 is 0 Å². The average Bonchev–Trinajstić information content (AvgIpc) is 3.30. The second kappa shape index (κ2) is 10.4. The summed E-state index contributed by atoms with van der Waals surface area (Å²) in [5, 5.41) is 6.50. The van der Waals surface area contributed by atoms with Crippen molar-refractivity contribution in [1.82, 2.24) is 10.2 Å². The summed E-state index contributed by atoms with van der Waals surface area (Å²) in [6.45, 7) is 6.11. The number of likely N-dealkylation sites (tertiary alicyclic amines) is 1. The molecule has 3 aromatic rings. The van der Waals surface area contributed by atoms with Gasteiger partial charge in [-0.2, -0.15) is 0 Å². The molecular weight excluding hydrogens is 382 g/mol. The molecule has 1 saturated heterocycles. The SMILES string of the molecule is Cc1ccc(NC(=O)[C@@H](NCc2ccc(CN3CCCC3)cc2)c2ccccc2)cc1. The van der Waals surface area contributed by atoms with Crippen molar-refractivity contribution in [1.29, 1.82) is 0 Å². The van der Waals surface area contributed by atoms with Gasteiger partial charge in [-0.15, -0.1) is 0 Å². The smallest absolute Gasteiger partial charge is 0.246 e. The maximum absolute atomic E-state index is 13.1. The highest BCUT2D eigenvalue weighted by atomic mass is 16.2. The van der Waals surface area contributed by atoms with Crippen LogP contribution in [0, 0.1) is 6.92 Å². The number of anilines is 1. The zero-order valence-corrected chi connectivity index (χ0v) is 18.2. The van der Waals surface area contributed by atoms with E-state index in [1.54, 1.807) is 0 Å². The molecule has 0 aromatic heterocycles. The first-order valence-corrected chi connectivity index (χ1v) is 11.1. The Morgan fingerprint density at radius 1 is 0.871 bits per heavy atom. The topological polar surface area (TPSA) is 44.4 Å². The van der Waals surface area contributed by atoms with Crippen molar-refractivity contribution >= 4 is 11.6 Å². The first-order chi connectivity index (χ1) is 15.2. The van der Waals surface area contributed by atoms with Gasteiger partial charge in [0.1, 0.15) is 6.04 Å². The fourth-order valence-corrected chi connectivity index (χ4v) is 4.04. The van der Waals surface area contributed by atoms with Crippen LogP contribution in [0.3, 0.4) is 0 Å². The second-order valence-electron chi connectivity index (χ2n) is 8.38. The molecule has 31 heavy (non-hydrogen) atoms. The van der Waals surface area contributed by atoms with Crippen LogP contribution in [0.2, 0.25) is 0 Å². The number of aryl methyl sites for hydroxylation is 1. The molecule has 0 bridgehead atoms. The summed E-state index contributed by atoms with van der Waals surface area (Å²) < 4.78 is 0. The van der Waals surface area contributed by atoms with E-state index in [1.807, 2.05) is 61.5 Å². The Kier molecular flexibility index (Phi) is 7.13. The van der Waals surface area contributed by atoms with Gasteiger partial charge in [-0.05, 0) is 61.7 Å². The molecule has 4 heteroatoms. The molecule has 1 amide bonds. The lowest BCUT2D eigenvalue weighted by Crippen LogP contribution is -2.32. The van der Waals surface area contributed by atoms with Crippen molar-refractivity contribution in [2.24, 2.45) is 0 Å². The van der Waals surface area contributed by atoms with E-state index in [4.69, 9.17) is 0 Å². The maximum Gasteiger partial charge on any atom is 0.246 e. The minimum atomic E-state index is -0.424. The predicted molar refractivity (Wildman–Crippen MR) is 127 cm³/mol. The van der Waals surface area contributed by atoms with E-state index < -0.39 is 6.04 Å². The van der Waals surface area contributed by atoms with E-state index >= 15 is 0 Å². The normalized spacial score (nSPS) is 15.0. The van der Waals surface area contributed by atoms with Crippen LogP contribution in [0.15, 0.2) is 78.9 Å². The molecule has 1 atom stereocenters. The van der Waals surface area contributed by atoms with E-state index in [1.165, 1.54) is 42.6 Å². The van der Waals surface area contributed by atoms with Gasteiger partial charge in [0, 0.05) is 18.8 Å². The highest BCUT2D eigenvalue weighted by Gasteiger charge is 2.20. The summed E-state index contributed by atoms with van der Waals surface area (Å²) in [4.78, 5) is 15.6. The van der Waals surface area contributed by atoms with E-state index in [2.05, 4.69) is 39.8 Å². The molecule has 2 N–H and O–H groups in total. The van der Waals surface area contributed by atoms with Gasteiger partial charge in [0.15, 0.2) is 0 Å². The van der Waals surface area contributed by atoms with Crippen molar-refractivity contribution in [2.45, 2.75) is 38.9 Å². The van der Waals surface area contributed by atoms with Gasteiger partial charge in [-0.1, -0.05) is 72.3 Å². The Balaban J connectivity index is 1.41. The summed E-state index contributed by atoms with van der Waals surface area (Å²) in [5.41, 5.74) is 5.46. The third-order valence-electron chi connectivity index (χ3n) is 5.85. The summed E-state index contributed by atoms with van der Waals surface area (Å²) in [5.74, 6) is -0.0549. The lowest BCUT2D eigenvalue weighted by molar-refractivity contribution is -0.118. The van der Waals surface area contributed by atoms with Gasteiger partial charge in [-0.25, -0.2) is 0 Å². The van der Waals surface area contributed by atoms with Gasteiger partial charge in [-0.3, -0.25) is 15.0 Å². The fourth-order valence-electron chi connectivity index (χ4n) is 4.04. The van der Waals surface area contributed by atoms with Crippen molar-refractivity contribution in [2.75, 3.05) is 18.4 Å². The lowest BCUT2D eigenvalue weighted by atomic mass is 10.0. The highest BCUT2D eigenvalue weighted by molar-refractivity contribution is 5.95. The van der Waals surface area contributed by atoms with Crippen molar-refractivity contribution in [3.63, 3.8) is 0 Å². The Hall–Kier alpha value is -2.95. The number of nitrogens with zero attached hydrogens (tertiary/aromatic N) is 1.